The van der Waals surface area contributed by atoms with Gasteiger partial charge in [0.25, 0.3) is 0 Å². The Labute approximate surface area is 105 Å². The first-order valence-corrected chi connectivity index (χ1v) is 7.39. The van der Waals surface area contributed by atoms with Gasteiger partial charge in [0.2, 0.25) is 10.0 Å². The van der Waals surface area contributed by atoms with Crippen LogP contribution < -0.4 is 10.5 Å². The molecule has 0 spiro atoms. The smallest absolute Gasteiger partial charge is 0.212 e. The molecular weight excluding hydrogens is 248 g/mol. The summed E-state index contributed by atoms with van der Waals surface area (Å²) in [5.41, 5.74) is 5.39. The molecule has 0 aromatic carbocycles. The molecule has 6 heteroatoms. The van der Waals surface area contributed by atoms with Crippen LogP contribution in [0.1, 0.15) is 39.0 Å². The lowest BCUT2D eigenvalue weighted by Gasteiger charge is -2.22. The fourth-order valence-electron chi connectivity index (χ4n) is 2.07. The van der Waals surface area contributed by atoms with Crippen LogP contribution in [0.4, 0.5) is 0 Å². The molecule has 0 aliphatic heterocycles. The van der Waals surface area contributed by atoms with Crippen molar-refractivity contribution in [1.29, 1.82) is 0 Å². The van der Waals surface area contributed by atoms with Crippen LogP contribution in [0.3, 0.4) is 0 Å². The van der Waals surface area contributed by atoms with Gasteiger partial charge < -0.3 is 5.73 Å². The lowest BCUT2D eigenvalue weighted by molar-refractivity contribution is 0.383. The highest BCUT2D eigenvalue weighted by Crippen LogP contribution is 2.24. The zero-order valence-corrected chi connectivity index (χ0v) is 11.4. The molecule has 4 nitrogen and oxygen atoms in total. The molecule has 1 rings (SSSR count). The molecule has 0 saturated heterocycles. The van der Waals surface area contributed by atoms with Gasteiger partial charge >= 0.3 is 0 Å². The third kappa shape index (κ3) is 6.03. The Morgan fingerprint density at radius 1 is 1.31 bits per heavy atom. The quantitative estimate of drug-likeness (QED) is 0.790. The van der Waals surface area contributed by atoms with E-state index in [0.717, 1.165) is 12.8 Å². The zero-order valence-electron chi connectivity index (χ0n) is 9.81. The molecule has 0 aromatic heterocycles. The van der Waals surface area contributed by atoms with E-state index in [0.29, 0.717) is 12.5 Å². The average Bonchev–Trinajstić information content (AvgIpc) is 2.17. The van der Waals surface area contributed by atoms with Gasteiger partial charge in [-0.05, 0) is 25.7 Å². The van der Waals surface area contributed by atoms with E-state index in [2.05, 4.69) is 4.72 Å². The largest absolute Gasteiger partial charge is 0.329 e. The van der Waals surface area contributed by atoms with Gasteiger partial charge in [-0.15, -0.1) is 12.4 Å². The Morgan fingerprint density at radius 2 is 1.88 bits per heavy atom. The van der Waals surface area contributed by atoms with Crippen LogP contribution in [0.2, 0.25) is 0 Å². The van der Waals surface area contributed by atoms with Crippen molar-refractivity contribution in [3.05, 3.63) is 0 Å². The fourth-order valence-corrected chi connectivity index (χ4v) is 3.83. The first kappa shape index (κ1) is 16.2. The van der Waals surface area contributed by atoms with Gasteiger partial charge in [0.05, 0.1) is 5.75 Å². The minimum absolute atomic E-state index is 0. The second-order valence-corrected chi connectivity index (χ2v) is 6.34. The first-order chi connectivity index (χ1) is 7.03. The number of rotatable bonds is 5. The molecule has 0 amide bonds. The maximum Gasteiger partial charge on any atom is 0.212 e. The number of nitrogens with two attached hydrogens (primary N) is 1. The van der Waals surface area contributed by atoms with Gasteiger partial charge in [-0.3, -0.25) is 0 Å². The SMILES string of the molecule is C[C@H](CN)NS(=O)(=O)CC1CCCCC1.Cl. The van der Waals surface area contributed by atoms with Crippen molar-refractivity contribution in [2.75, 3.05) is 12.3 Å². The van der Waals surface area contributed by atoms with Crippen LogP contribution in [-0.4, -0.2) is 26.8 Å². The Bertz CT molecular complexity index is 277. The third-order valence-corrected chi connectivity index (χ3v) is 4.59. The minimum Gasteiger partial charge on any atom is -0.329 e. The summed E-state index contributed by atoms with van der Waals surface area (Å²) in [6.07, 6.45) is 5.71. The van der Waals surface area contributed by atoms with Crippen LogP contribution in [0.25, 0.3) is 0 Å². The molecule has 0 heterocycles. The highest BCUT2D eigenvalue weighted by molar-refractivity contribution is 7.89. The Hall–Kier alpha value is 0.160. The van der Waals surface area contributed by atoms with Gasteiger partial charge in [0.15, 0.2) is 0 Å². The molecular formula is C10H23ClN2O2S. The van der Waals surface area contributed by atoms with Crippen LogP contribution in [-0.2, 0) is 10.0 Å². The van der Waals surface area contributed by atoms with Gasteiger partial charge in [-0.1, -0.05) is 19.3 Å². The highest BCUT2D eigenvalue weighted by atomic mass is 35.5. The van der Waals surface area contributed by atoms with E-state index in [4.69, 9.17) is 5.73 Å². The summed E-state index contributed by atoms with van der Waals surface area (Å²) >= 11 is 0. The molecule has 1 atom stereocenters. The molecule has 16 heavy (non-hydrogen) atoms. The first-order valence-electron chi connectivity index (χ1n) is 5.73. The third-order valence-electron chi connectivity index (χ3n) is 2.91. The van der Waals surface area contributed by atoms with Crippen molar-refractivity contribution < 1.29 is 8.42 Å². The van der Waals surface area contributed by atoms with Crippen LogP contribution in [0.15, 0.2) is 0 Å². The monoisotopic (exact) mass is 270 g/mol. The molecule has 0 unspecified atom stereocenters. The van der Waals surface area contributed by atoms with Gasteiger partial charge in [0.1, 0.15) is 0 Å². The maximum absolute atomic E-state index is 11.7. The van der Waals surface area contributed by atoms with Gasteiger partial charge in [-0.25, -0.2) is 13.1 Å². The van der Waals surface area contributed by atoms with Crippen molar-refractivity contribution >= 4 is 22.4 Å². The van der Waals surface area contributed by atoms with Crippen molar-refractivity contribution in [2.45, 2.75) is 45.1 Å². The normalized spacial score (nSPS) is 20.1. The summed E-state index contributed by atoms with van der Waals surface area (Å²) in [5.74, 6) is 0.623. The van der Waals surface area contributed by atoms with E-state index in [9.17, 15) is 8.42 Å². The Balaban J connectivity index is 0.00000225. The van der Waals surface area contributed by atoms with Crippen molar-refractivity contribution in [3.8, 4) is 0 Å². The second kappa shape index (κ2) is 7.48. The van der Waals surface area contributed by atoms with Gasteiger partial charge in [0, 0.05) is 12.6 Å². The number of sulfonamides is 1. The predicted molar refractivity (Wildman–Crippen MR) is 69.3 cm³/mol. The lowest BCUT2D eigenvalue weighted by Crippen LogP contribution is -2.40. The lowest BCUT2D eigenvalue weighted by atomic mass is 9.91. The number of nitrogens with one attached hydrogen (secondary N) is 1. The van der Waals surface area contributed by atoms with E-state index in [-0.39, 0.29) is 24.2 Å². The molecule has 98 valence electrons. The number of hydrogen-bond acceptors (Lipinski definition) is 3. The van der Waals surface area contributed by atoms with Crippen molar-refractivity contribution in [2.24, 2.45) is 11.7 Å². The average molecular weight is 271 g/mol. The molecule has 0 radical (unpaired) electrons. The number of hydrogen-bond donors (Lipinski definition) is 2. The zero-order chi connectivity index (χ0) is 11.3. The Kier molecular flexibility index (Phi) is 7.55. The van der Waals surface area contributed by atoms with E-state index >= 15 is 0 Å². The molecule has 1 saturated carbocycles. The topological polar surface area (TPSA) is 72.2 Å². The standard InChI is InChI=1S/C10H22N2O2S.ClH/c1-9(7-11)12-15(13,14)8-10-5-3-2-4-6-10;/h9-10,12H,2-8,11H2,1H3;1H/t9-;/m1./s1. The number of halogens is 1. The van der Waals surface area contributed by atoms with Crippen LogP contribution in [0.5, 0.6) is 0 Å². The second-order valence-electron chi connectivity index (χ2n) is 4.54. The summed E-state index contributed by atoms with van der Waals surface area (Å²) in [5, 5.41) is 0. The van der Waals surface area contributed by atoms with Crippen LogP contribution >= 0.6 is 12.4 Å². The summed E-state index contributed by atoms with van der Waals surface area (Å²) in [4.78, 5) is 0. The molecule has 1 aliphatic carbocycles. The summed E-state index contributed by atoms with van der Waals surface area (Å²) in [7, 11) is -3.12. The molecule has 1 fully saturated rings. The van der Waals surface area contributed by atoms with E-state index in [1.807, 2.05) is 0 Å². The predicted octanol–water partition coefficient (Wildman–Crippen LogP) is 1.26. The molecule has 1 aliphatic rings. The highest BCUT2D eigenvalue weighted by Gasteiger charge is 2.22. The molecule has 3 N–H and O–H groups in total. The van der Waals surface area contributed by atoms with Crippen LogP contribution in [0, 0.1) is 5.92 Å². The summed E-state index contributed by atoms with van der Waals surface area (Å²) in [6, 6.07) is -0.154. The molecule has 0 bridgehead atoms. The van der Waals surface area contributed by atoms with E-state index < -0.39 is 10.0 Å². The summed E-state index contributed by atoms with van der Waals surface area (Å²) < 4.78 is 26.0. The van der Waals surface area contributed by atoms with Crippen molar-refractivity contribution in [1.82, 2.24) is 4.72 Å². The summed E-state index contributed by atoms with van der Waals surface area (Å²) in [6.45, 7) is 2.14. The minimum atomic E-state index is -3.12. The van der Waals surface area contributed by atoms with E-state index in [1.54, 1.807) is 6.92 Å². The van der Waals surface area contributed by atoms with Gasteiger partial charge in [-0.2, -0.15) is 0 Å². The molecule has 0 aromatic rings. The van der Waals surface area contributed by atoms with Crippen molar-refractivity contribution in [3.63, 3.8) is 0 Å². The maximum atomic E-state index is 11.7. The fraction of sp³-hybridized carbons (Fsp3) is 1.00. The van der Waals surface area contributed by atoms with E-state index in [1.165, 1.54) is 19.3 Å². The Morgan fingerprint density at radius 3 is 2.38 bits per heavy atom.